The lowest BCUT2D eigenvalue weighted by molar-refractivity contribution is -0.138. The Morgan fingerprint density at radius 2 is 1.83 bits per heavy atom. The van der Waals surface area contributed by atoms with Crippen LogP contribution < -0.4 is 10.1 Å². The standard InChI is InChI=1S/C19H23F3N4O3S/c1-25-7-9-26(10-8-25)30(27,28)16-5-6-18(24-13-16)23-12-14-3-4-15(29-2)11-17(14)19(20,21)22/h3-6,11,13H,7-10,12H2,1-2H3,(H,23,24). The van der Waals surface area contributed by atoms with Crippen molar-refractivity contribution in [1.29, 1.82) is 0 Å². The van der Waals surface area contributed by atoms with Gasteiger partial charge in [-0.2, -0.15) is 17.5 Å². The maximum atomic E-state index is 13.3. The van der Waals surface area contributed by atoms with Gasteiger partial charge in [0, 0.05) is 38.9 Å². The Morgan fingerprint density at radius 3 is 2.40 bits per heavy atom. The Balaban J connectivity index is 1.71. The summed E-state index contributed by atoms with van der Waals surface area (Å²) >= 11 is 0. The highest BCUT2D eigenvalue weighted by Gasteiger charge is 2.33. The zero-order chi connectivity index (χ0) is 21.9. The molecule has 0 saturated carbocycles. The van der Waals surface area contributed by atoms with Gasteiger partial charge in [0.05, 0.1) is 12.7 Å². The van der Waals surface area contributed by atoms with Crippen molar-refractivity contribution >= 4 is 15.8 Å². The number of nitrogens with one attached hydrogen (secondary N) is 1. The summed E-state index contributed by atoms with van der Waals surface area (Å²) in [6.07, 6.45) is -3.31. The molecule has 30 heavy (non-hydrogen) atoms. The largest absolute Gasteiger partial charge is 0.497 e. The van der Waals surface area contributed by atoms with Gasteiger partial charge in [0.25, 0.3) is 0 Å². The molecule has 164 valence electrons. The van der Waals surface area contributed by atoms with Crippen molar-refractivity contribution in [3.05, 3.63) is 47.7 Å². The molecule has 0 spiro atoms. The third kappa shape index (κ3) is 5.02. The van der Waals surface area contributed by atoms with E-state index in [0.717, 1.165) is 6.07 Å². The first-order valence-electron chi connectivity index (χ1n) is 9.24. The third-order valence-corrected chi connectivity index (χ3v) is 6.80. The molecular weight excluding hydrogens is 421 g/mol. The molecule has 0 radical (unpaired) electrons. The van der Waals surface area contributed by atoms with E-state index in [9.17, 15) is 21.6 Å². The lowest BCUT2D eigenvalue weighted by atomic mass is 10.1. The quantitative estimate of drug-likeness (QED) is 0.739. The molecule has 0 aliphatic carbocycles. The van der Waals surface area contributed by atoms with Gasteiger partial charge in [0.1, 0.15) is 16.5 Å². The van der Waals surface area contributed by atoms with Crippen molar-refractivity contribution in [1.82, 2.24) is 14.2 Å². The van der Waals surface area contributed by atoms with Crippen molar-refractivity contribution < 1.29 is 26.3 Å². The van der Waals surface area contributed by atoms with Crippen LogP contribution in [0.4, 0.5) is 19.0 Å². The first kappa shape index (κ1) is 22.3. The number of likely N-dealkylation sites (N-methyl/N-ethyl adjacent to an activating group) is 1. The Labute approximate surface area is 173 Å². The second-order valence-corrected chi connectivity index (χ2v) is 8.90. The van der Waals surface area contributed by atoms with Gasteiger partial charge in [-0.25, -0.2) is 13.4 Å². The number of anilines is 1. The number of ether oxygens (including phenoxy) is 1. The van der Waals surface area contributed by atoms with Crippen LogP contribution in [0.2, 0.25) is 0 Å². The molecule has 1 saturated heterocycles. The number of halogens is 3. The average molecular weight is 444 g/mol. The fourth-order valence-corrected chi connectivity index (χ4v) is 4.47. The summed E-state index contributed by atoms with van der Waals surface area (Å²) in [5, 5.41) is 2.81. The van der Waals surface area contributed by atoms with E-state index in [0.29, 0.717) is 26.2 Å². The monoisotopic (exact) mass is 444 g/mol. The van der Waals surface area contributed by atoms with Crippen LogP contribution in [-0.2, 0) is 22.7 Å². The Bertz CT molecular complexity index is 974. The number of hydrogen-bond acceptors (Lipinski definition) is 6. The number of nitrogens with zero attached hydrogens (tertiary/aromatic N) is 3. The Morgan fingerprint density at radius 1 is 1.13 bits per heavy atom. The predicted octanol–water partition coefficient (Wildman–Crippen LogP) is 2.66. The Hall–Kier alpha value is -2.37. The number of pyridine rings is 1. The zero-order valence-electron chi connectivity index (χ0n) is 16.6. The number of sulfonamides is 1. The smallest absolute Gasteiger partial charge is 0.416 e. The molecule has 1 aromatic carbocycles. The molecule has 2 aromatic rings. The molecular formula is C19H23F3N4O3S. The van der Waals surface area contributed by atoms with E-state index < -0.39 is 21.8 Å². The predicted molar refractivity (Wildman–Crippen MR) is 106 cm³/mol. The van der Waals surface area contributed by atoms with E-state index in [4.69, 9.17) is 4.74 Å². The summed E-state index contributed by atoms with van der Waals surface area (Å²) in [5.41, 5.74) is -0.775. The summed E-state index contributed by atoms with van der Waals surface area (Å²) in [6, 6.07) is 6.57. The maximum Gasteiger partial charge on any atom is 0.416 e. The molecule has 0 amide bonds. The van der Waals surface area contributed by atoms with Gasteiger partial charge in [-0.3, -0.25) is 0 Å². The van der Waals surface area contributed by atoms with Crippen molar-refractivity contribution in [2.75, 3.05) is 45.7 Å². The van der Waals surface area contributed by atoms with Crippen LogP contribution in [-0.4, -0.2) is 62.9 Å². The second-order valence-electron chi connectivity index (χ2n) is 6.96. The topological polar surface area (TPSA) is 74.8 Å². The van der Waals surface area contributed by atoms with Crippen LogP contribution in [0.1, 0.15) is 11.1 Å². The van der Waals surface area contributed by atoms with E-state index >= 15 is 0 Å². The van der Waals surface area contributed by atoms with E-state index in [1.165, 1.54) is 41.9 Å². The van der Waals surface area contributed by atoms with Crippen LogP contribution in [0.15, 0.2) is 41.4 Å². The molecule has 1 aromatic heterocycles. The SMILES string of the molecule is COc1ccc(CNc2ccc(S(=O)(=O)N3CCN(C)CC3)cn2)c(C(F)(F)F)c1. The van der Waals surface area contributed by atoms with Gasteiger partial charge >= 0.3 is 6.18 Å². The van der Waals surface area contributed by atoms with E-state index in [1.54, 1.807) is 0 Å². The van der Waals surface area contributed by atoms with Crippen LogP contribution >= 0.6 is 0 Å². The molecule has 1 aliphatic rings. The van der Waals surface area contributed by atoms with Gasteiger partial charge < -0.3 is 15.0 Å². The number of methoxy groups -OCH3 is 1. The van der Waals surface area contributed by atoms with Crippen molar-refractivity contribution in [3.63, 3.8) is 0 Å². The summed E-state index contributed by atoms with van der Waals surface area (Å²) in [7, 11) is -0.419. The number of benzene rings is 1. The van der Waals surface area contributed by atoms with Gasteiger partial charge in [-0.05, 0) is 36.9 Å². The highest BCUT2D eigenvalue weighted by atomic mass is 32.2. The molecule has 1 N–H and O–H groups in total. The molecule has 11 heteroatoms. The van der Waals surface area contributed by atoms with Crippen LogP contribution in [0.25, 0.3) is 0 Å². The fraction of sp³-hybridized carbons (Fsp3) is 0.421. The molecule has 0 bridgehead atoms. The molecule has 2 heterocycles. The first-order valence-corrected chi connectivity index (χ1v) is 10.7. The van der Waals surface area contributed by atoms with Crippen molar-refractivity contribution in [3.8, 4) is 5.75 Å². The first-order chi connectivity index (χ1) is 14.1. The number of alkyl halides is 3. The Kier molecular flexibility index (Phi) is 6.53. The van der Waals surface area contributed by atoms with E-state index in [-0.39, 0.29) is 28.6 Å². The highest BCUT2D eigenvalue weighted by molar-refractivity contribution is 7.89. The molecule has 0 unspecified atom stereocenters. The number of aromatic nitrogens is 1. The second kappa shape index (κ2) is 8.78. The zero-order valence-corrected chi connectivity index (χ0v) is 17.4. The molecule has 1 fully saturated rings. The molecule has 3 rings (SSSR count). The minimum atomic E-state index is -4.53. The van der Waals surface area contributed by atoms with Crippen molar-refractivity contribution in [2.24, 2.45) is 0 Å². The van der Waals surface area contributed by atoms with E-state index in [1.807, 2.05) is 11.9 Å². The van der Waals surface area contributed by atoms with Gasteiger partial charge in [0.2, 0.25) is 10.0 Å². The van der Waals surface area contributed by atoms with Gasteiger partial charge in [0.15, 0.2) is 0 Å². The number of rotatable bonds is 6. The lowest BCUT2D eigenvalue weighted by Crippen LogP contribution is -2.47. The summed E-state index contributed by atoms with van der Waals surface area (Å²) in [5.74, 6) is 0.388. The number of hydrogen-bond donors (Lipinski definition) is 1. The summed E-state index contributed by atoms with van der Waals surface area (Å²) in [4.78, 5) is 6.16. The minimum Gasteiger partial charge on any atom is -0.497 e. The minimum absolute atomic E-state index is 0.0271. The highest BCUT2D eigenvalue weighted by Crippen LogP contribution is 2.34. The maximum absolute atomic E-state index is 13.3. The van der Waals surface area contributed by atoms with Crippen LogP contribution in [0.3, 0.4) is 0 Å². The molecule has 0 atom stereocenters. The third-order valence-electron chi connectivity index (χ3n) is 4.92. The molecule has 1 aliphatic heterocycles. The van der Waals surface area contributed by atoms with Crippen LogP contribution in [0, 0.1) is 0 Å². The summed E-state index contributed by atoms with van der Waals surface area (Å²) < 4.78 is 71.6. The van der Waals surface area contributed by atoms with Crippen molar-refractivity contribution in [2.45, 2.75) is 17.6 Å². The molecule has 7 nitrogen and oxygen atoms in total. The normalized spacial score (nSPS) is 16.4. The van der Waals surface area contributed by atoms with E-state index in [2.05, 4.69) is 10.3 Å². The van der Waals surface area contributed by atoms with Gasteiger partial charge in [-0.15, -0.1) is 0 Å². The summed E-state index contributed by atoms with van der Waals surface area (Å²) in [6.45, 7) is 1.97. The van der Waals surface area contributed by atoms with Gasteiger partial charge in [-0.1, -0.05) is 6.07 Å². The average Bonchev–Trinajstić information content (AvgIpc) is 2.72. The lowest BCUT2D eigenvalue weighted by Gasteiger charge is -2.31. The fourth-order valence-electron chi connectivity index (χ4n) is 3.10. The van der Waals surface area contributed by atoms with Crippen LogP contribution in [0.5, 0.6) is 5.75 Å². The number of piperazine rings is 1.